The molecule has 184 valence electrons. The SMILES string of the molecule is CCOc1cc(CNC23CC4C[C@@](C)(C2)C[C@@](C)(C4)C3)cc(Br)c1OCC(=O)NC(C)(C)C. The topological polar surface area (TPSA) is 59.6 Å². The van der Waals surface area contributed by atoms with Crippen LogP contribution in [0.5, 0.6) is 11.5 Å². The van der Waals surface area contributed by atoms with E-state index in [0.29, 0.717) is 28.9 Å². The Balaban J connectivity index is 1.46. The molecule has 0 heterocycles. The van der Waals surface area contributed by atoms with Crippen LogP contribution in [0, 0.1) is 16.7 Å². The molecule has 0 unspecified atom stereocenters. The van der Waals surface area contributed by atoms with Crippen LogP contribution in [0.15, 0.2) is 16.6 Å². The predicted molar refractivity (Wildman–Crippen MR) is 136 cm³/mol. The molecule has 0 spiro atoms. The van der Waals surface area contributed by atoms with E-state index >= 15 is 0 Å². The van der Waals surface area contributed by atoms with Gasteiger partial charge in [-0.3, -0.25) is 4.79 Å². The predicted octanol–water partition coefficient (Wildman–Crippen LogP) is 5.98. The Kier molecular flexibility index (Phi) is 6.58. The molecular weight excluding hydrogens is 480 g/mol. The van der Waals surface area contributed by atoms with E-state index in [4.69, 9.17) is 9.47 Å². The third kappa shape index (κ3) is 5.70. The van der Waals surface area contributed by atoms with E-state index in [1.54, 1.807) is 0 Å². The average Bonchev–Trinajstić information content (AvgIpc) is 2.61. The summed E-state index contributed by atoms with van der Waals surface area (Å²) in [6.45, 7) is 14.2. The Hall–Kier alpha value is -1.27. The van der Waals surface area contributed by atoms with Crippen LogP contribution in [0.25, 0.3) is 0 Å². The molecule has 1 amide bonds. The first-order valence-corrected chi connectivity index (χ1v) is 13.3. The van der Waals surface area contributed by atoms with Crippen molar-refractivity contribution in [1.82, 2.24) is 10.6 Å². The minimum atomic E-state index is -0.290. The van der Waals surface area contributed by atoms with Crippen LogP contribution >= 0.6 is 15.9 Å². The first kappa shape index (κ1) is 24.8. The van der Waals surface area contributed by atoms with Crippen molar-refractivity contribution >= 4 is 21.8 Å². The Morgan fingerprint density at radius 2 is 1.76 bits per heavy atom. The summed E-state index contributed by atoms with van der Waals surface area (Å²) in [6, 6.07) is 4.15. The summed E-state index contributed by atoms with van der Waals surface area (Å²) in [4.78, 5) is 12.2. The molecule has 2 atom stereocenters. The molecule has 4 aliphatic carbocycles. The molecule has 0 aliphatic heterocycles. The molecule has 4 aliphatic rings. The Morgan fingerprint density at radius 3 is 2.33 bits per heavy atom. The lowest BCUT2D eigenvalue weighted by atomic mass is 9.43. The van der Waals surface area contributed by atoms with Crippen molar-refractivity contribution < 1.29 is 14.3 Å². The summed E-state index contributed by atoms with van der Waals surface area (Å²) in [5.41, 5.74) is 2.11. The van der Waals surface area contributed by atoms with Crippen LogP contribution < -0.4 is 20.1 Å². The number of carbonyl (C=O) groups is 1. The molecular formula is C27H41BrN2O3. The summed E-state index contributed by atoms with van der Waals surface area (Å²) in [6.07, 6.45) is 8.07. The van der Waals surface area contributed by atoms with Crippen molar-refractivity contribution in [2.24, 2.45) is 16.7 Å². The molecule has 0 radical (unpaired) electrons. The molecule has 4 bridgehead atoms. The van der Waals surface area contributed by atoms with Gasteiger partial charge in [-0.1, -0.05) is 13.8 Å². The number of amides is 1. The average molecular weight is 522 g/mol. The molecule has 5 rings (SSSR count). The van der Waals surface area contributed by atoms with Crippen molar-refractivity contribution in [1.29, 1.82) is 0 Å². The lowest BCUT2D eigenvalue weighted by Gasteiger charge is -2.65. The quantitative estimate of drug-likeness (QED) is 0.442. The monoisotopic (exact) mass is 520 g/mol. The summed E-state index contributed by atoms with van der Waals surface area (Å²) >= 11 is 3.67. The summed E-state index contributed by atoms with van der Waals surface area (Å²) < 4.78 is 12.6. The van der Waals surface area contributed by atoms with E-state index in [9.17, 15) is 4.79 Å². The van der Waals surface area contributed by atoms with Gasteiger partial charge in [-0.05, 0) is 117 Å². The van der Waals surface area contributed by atoms with Gasteiger partial charge < -0.3 is 20.1 Å². The van der Waals surface area contributed by atoms with Gasteiger partial charge >= 0.3 is 0 Å². The van der Waals surface area contributed by atoms with Crippen molar-refractivity contribution in [3.05, 3.63) is 22.2 Å². The molecule has 0 aromatic heterocycles. The van der Waals surface area contributed by atoms with Crippen LogP contribution in [-0.4, -0.2) is 30.2 Å². The van der Waals surface area contributed by atoms with Crippen LogP contribution in [0.3, 0.4) is 0 Å². The van der Waals surface area contributed by atoms with Crippen molar-refractivity contribution in [2.75, 3.05) is 13.2 Å². The third-order valence-electron chi connectivity index (χ3n) is 7.52. The van der Waals surface area contributed by atoms with Gasteiger partial charge in [0.05, 0.1) is 11.1 Å². The van der Waals surface area contributed by atoms with E-state index < -0.39 is 0 Å². The van der Waals surface area contributed by atoms with Gasteiger partial charge in [-0.15, -0.1) is 0 Å². The van der Waals surface area contributed by atoms with Crippen molar-refractivity contribution in [3.63, 3.8) is 0 Å². The highest BCUT2D eigenvalue weighted by Crippen LogP contribution is 2.66. The van der Waals surface area contributed by atoms with E-state index in [0.717, 1.165) is 16.9 Å². The highest BCUT2D eigenvalue weighted by Gasteiger charge is 2.59. The van der Waals surface area contributed by atoms with E-state index in [1.165, 1.54) is 44.1 Å². The first-order valence-electron chi connectivity index (χ1n) is 12.5. The smallest absolute Gasteiger partial charge is 0.258 e. The molecule has 1 aromatic carbocycles. The molecule has 6 heteroatoms. The fourth-order valence-corrected chi connectivity index (χ4v) is 8.26. The Labute approximate surface area is 207 Å². The summed E-state index contributed by atoms with van der Waals surface area (Å²) in [7, 11) is 0. The number of ether oxygens (including phenoxy) is 2. The van der Waals surface area contributed by atoms with Crippen LogP contribution in [0.4, 0.5) is 0 Å². The summed E-state index contributed by atoms with van der Waals surface area (Å²) in [5.74, 6) is 1.98. The van der Waals surface area contributed by atoms with Crippen LogP contribution in [0.2, 0.25) is 0 Å². The maximum absolute atomic E-state index is 12.2. The first-order chi connectivity index (χ1) is 15.3. The number of benzene rings is 1. The number of carbonyl (C=O) groups excluding carboxylic acids is 1. The van der Waals surface area contributed by atoms with Gasteiger partial charge in [0, 0.05) is 17.6 Å². The van der Waals surface area contributed by atoms with Gasteiger partial charge in [0.1, 0.15) is 0 Å². The lowest BCUT2D eigenvalue weighted by molar-refractivity contribution is -0.124. The van der Waals surface area contributed by atoms with Gasteiger partial charge in [0.2, 0.25) is 0 Å². The second-order valence-electron chi connectivity index (χ2n) is 12.7. The molecule has 2 N–H and O–H groups in total. The van der Waals surface area contributed by atoms with E-state index in [1.807, 2.05) is 27.7 Å². The zero-order chi connectivity index (χ0) is 24.1. The molecule has 33 heavy (non-hydrogen) atoms. The highest BCUT2D eigenvalue weighted by atomic mass is 79.9. The van der Waals surface area contributed by atoms with Crippen LogP contribution in [-0.2, 0) is 11.3 Å². The van der Waals surface area contributed by atoms with Crippen LogP contribution in [0.1, 0.15) is 85.6 Å². The third-order valence-corrected chi connectivity index (χ3v) is 8.11. The largest absolute Gasteiger partial charge is 0.490 e. The van der Waals surface area contributed by atoms with Gasteiger partial charge in [-0.2, -0.15) is 0 Å². The molecule has 0 saturated heterocycles. The number of nitrogens with one attached hydrogen (secondary N) is 2. The minimum absolute atomic E-state index is 0.0464. The normalized spacial score (nSPS) is 32.6. The van der Waals surface area contributed by atoms with Crippen molar-refractivity contribution in [3.8, 4) is 11.5 Å². The summed E-state index contributed by atoms with van der Waals surface area (Å²) in [5, 5.41) is 6.94. The molecule has 1 aromatic rings. The highest BCUT2D eigenvalue weighted by molar-refractivity contribution is 9.10. The van der Waals surface area contributed by atoms with Gasteiger partial charge in [-0.25, -0.2) is 0 Å². The second-order valence-corrected chi connectivity index (χ2v) is 13.5. The maximum atomic E-state index is 12.2. The molecule has 5 nitrogen and oxygen atoms in total. The maximum Gasteiger partial charge on any atom is 0.258 e. The van der Waals surface area contributed by atoms with Gasteiger partial charge in [0.25, 0.3) is 5.91 Å². The number of halogens is 1. The molecule has 4 saturated carbocycles. The second kappa shape index (κ2) is 8.75. The van der Waals surface area contributed by atoms with Gasteiger partial charge in [0.15, 0.2) is 18.1 Å². The number of hydrogen-bond donors (Lipinski definition) is 2. The standard InChI is InChI=1S/C27H41BrN2O3/c1-7-32-21-9-18(8-20(28)23(21)33-14-22(31)30-24(2,3)4)13-29-27-12-19-10-25(5,16-27)15-26(6,11-19)17-27/h8-9,19,29H,7,10-17H2,1-6H3,(H,30,31)/t19?,25-,26-,27?/m1/s1. The minimum Gasteiger partial charge on any atom is -0.490 e. The molecule has 4 fully saturated rings. The number of rotatable bonds is 8. The zero-order valence-corrected chi connectivity index (χ0v) is 22.8. The fraction of sp³-hybridized carbons (Fsp3) is 0.741. The number of hydrogen-bond acceptors (Lipinski definition) is 4. The fourth-order valence-electron chi connectivity index (χ4n) is 7.65. The zero-order valence-electron chi connectivity index (χ0n) is 21.2. The van der Waals surface area contributed by atoms with Crippen molar-refractivity contribution in [2.45, 2.75) is 97.7 Å². The lowest BCUT2D eigenvalue weighted by Crippen LogP contribution is -2.63. The van der Waals surface area contributed by atoms with E-state index in [2.05, 4.69) is 52.5 Å². The van der Waals surface area contributed by atoms with E-state index in [-0.39, 0.29) is 23.6 Å². The Morgan fingerprint density at radius 1 is 1.09 bits per heavy atom. The Bertz CT molecular complexity index is 891.